The zero-order valence-electron chi connectivity index (χ0n) is 16.6. The van der Waals surface area contributed by atoms with Gasteiger partial charge >= 0.3 is 0 Å². The molecule has 3 rings (SSSR count). The summed E-state index contributed by atoms with van der Waals surface area (Å²) >= 11 is 0. The molecule has 0 amide bonds. The van der Waals surface area contributed by atoms with Gasteiger partial charge in [-0.2, -0.15) is 0 Å². The summed E-state index contributed by atoms with van der Waals surface area (Å²) in [5.74, 6) is 1.85. The molecule has 1 aliphatic rings. The van der Waals surface area contributed by atoms with Gasteiger partial charge in [0.1, 0.15) is 5.75 Å². The van der Waals surface area contributed by atoms with Crippen LogP contribution in [0.25, 0.3) is 10.8 Å². The number of fused-ring (bicyclic) bond motifs is 1. The molecule has 0 aliphatic heterocycles. The second-order valence-electron chi connectivity index (χ2n) is 8.77. The van der Waals surface area contributed by atoms with Gasteiger partial charge in [-0.1, -0.05) is 39.0 Å². The highest BCUT2D eigenvalue weighted by Gasteiger charge is 2.30. The number of hydrogen-bond acceptors (Lipinski definition) is 2. The summed E-state index contributed by atoms with van der Waals surface area (Å²) in [7, 11) is 2.75. The normalized spacial score (nSPS) is 21.1. The maximum atomic E-state index is 6.32. The minimum atomic E-state index is 0.376. The van der Waals surface area contributed by atoms with E-state index in [1.165, 1.54) is 42.0 Å². The van der Waals surface area contributed by atoms with E-state index in [9.17, 15) is 0 Å². The van der Waals surface area contributed by atoms with E-state index < -0.39 is 0 Å². The Morgan fingerprint density at radius 2 is 1.69 bits per heavy atom. The highest BCUT2D eigenvalue weighted by atomic mass is 31.0. The predicted octanol–water partition coefficient (Wildman–Crippen LogP) is 5.79. The summed E-state index contributed by atoms with van der Waals surface area (Å²) in [4.78, 5) is 0. The Labute approximate surface area is 161 Å². The molecular formula is C23H34NOP. The van der Waals surface area contributed by atoms with E-state index in [0.29, 0.717) is 11.5 Å². The third kappa shape index (κ3) is 5.21. The van der Waals surface area contributed by atoms with Gasteiger partial charge in [0.05, 0.1) is 6.10 Å². The van der Waals surface area contributed by atoms with E-state index in [4.69, 9.17) is 4.74 Å². The van der Waals surface area contributed by atoms with E-state index in [0.717, 1.165) is 30.9 Å². The first kappa shape index (κ1) is 19.6. The van der Waals surface area contributed by atoms with E-state index in [1.807, 2.05) is 0 Å². The molecule has 1 unspecified atom stereocenters. The third-order valence-corrected chi connectivity index (χ3v) is 6.02. The van der Waals surface area contributed by atoms with Gasteiger partial charge in [0.15, 0.2) is 0 Å². The van der Waals surface area contributed by atoms with Gasteiger partial charge in [0, 0.05) is 6.54 Å². The standard InChI is InChI=1S/C23H34NOP/c1-23(2,3)20-7-10-21(11-8-20)25-22-9-6-18-14-17(16-24-12-13-26)4-5-19(18)15-22/h4-6,9,14-15,20-21,24H,7-8,10-13,16,26H2,1-3H3. The Bertz CT molecular complexity index is 714. The molecule has 1 N–H and O–H groups in total. The second kappa shape index (κ2) is 8.72. The molecule has 0 saturated heterocycles. The number of hydrogen-bond donors (Lipinski definition) is 1. The molecule has 0 heterocycles. The SMILES string of the molecule is CC(C)(C)C1CCC(Oc2ccc3cc(CNCCP)ccc3c2)CC1. The summed E-state index contributed by atoms with van der Waals surface area (Å²) in [6, 6.07) is 13.3. The number of nitrogens with one attached hydrogen (secondary N) is 1. The Hall–Kier alpha value is -1.11. The Kier molecular flexibility index (Phi) is 6.59. The molecular weight excluding hydrogens is 337 g/mol. The highest BCUT2D eigenvalue weighted by molar-refractivity contribution is 7.16. The fourth-order valence-electron chi connectivity index (χ4n) is 4.03. The Morgan fingerprint density at radius 1 is 1.00 bits per heavy atom. The summed E-state index contributed by atoms with van der Waals surface area (Å²) in [5, 5.41) is 6.01. The summed E-state index contributed by atoms with van der Waals surface area (Å²) in [6.07, 6.45) is 6.40. The van der Waals surface area contributed by atoms with Crippen LogP contribution in [0.4, 0.5) is 0 Å². The van der Waals surface area contributed by atoms with Crippen LogP contribution >= 0.6 is 9.24 Å². The van der Waals surface area contributed by atoms with E-state index in [1.54, 1.807) is 0 Å². The van der Waals surface area contributed by atoms with Gasteiger partial charge in [-0.3, -0.25) is 0 Å². The fraction of sp³-hybridized carbons (Fsp3) is 0.565. The van der Waals surface area contributed by atoms with Crippen molar-refractivity contribution in [3.63, 3.8) is 0 Å². The lowest BCUT2D eigenvalue weighted by atomic mass is 9.72. The molecule has 1 fully saturated rings. The lowest BCUT2D eigenvalue weighted by Crippen LogP contribution is -2.30. The lowest BCUT2D eigenvalue weighted by Gasteiger charge is -2.37. The minimum absolute atomic E-state index is 0.376. The molecule has 1 aliphatic carbocycles. The van der Waals surface area contributed by atoms with Crippen LogP contribution in [-0.4, -0.2) is 18.8 Å². The van der Waals surface area contributed by atoms with Crippen LogP contribution in [0.1, 0.15) is 52.0 Å². The summed E-state index contributed by atoms with van der Waals surface area (Å²) in [6.45, 7) is 9.07. The van der Waals surface area contributed by atoms with Gasteiger partial charge in [-0.15, -0.1) is 9.24 Å². The van der Waals surface area contributed by atoms with E-state index >= 15 is 0 Å². The van der Waals surface area contributed by atoms with Crippen molar-refractivity contribution in [2.24, 2.45) is 11.3 Å². The maximum absolute atomic E-state index is 6.32. The fourth-order valence-corrected chi connectivity index (χ4v) is 4.23. The van der Waals surface area contributed by atoms with Crippen molar-refractivity contribution in [2.75, 3.05) is 12.7 Å². The largest absolute Gasteiger partial charge is 0.490 e. The van der Waals surface area contributed by atoms with Crippen molar-refractivity contribution >= 4 is 20.0 Å². The molecule has 26 heavy (non-hydrogen) atoms. The number of benzene rings is 2. The van der Waals surface area contributed by atoms with E-state index in [-0.39, 0.29) is 0 Å². The van der Waals surface area contributed by atoms with Crippen LogP contribution in [0.2, 0.25) is 0 Å². The topological polar surface area (TPSA) is 21.3 Å². The average molecular weight is 372 g/mol. The molecule has 2 aromatic rings. The first-order valence-corrected chi connectivity index (χ1v) is 10.9. The second-order valence-corrected chi connectivity index (χ2v) is 9.34. The summed E-state index contributed by atoms with van der Waals surface area (Å²) < 4.78 is 6.32. The molecule has 1 atom stereocenters. The smallest absolute Gasteiger partial charge is 0.120 e. The molecule has 2 nitrogen and oxygen atoms in total. The first-order chi connectivity index (χ1) is 12.5. The van der Waals surface area contributed by atoms with Crippen molar-refractivity contribution in [1.82, 2.24) is 5.32 Å². The van der Waals surface area contributed by atoms with Crippen LogP contribution in [0.15, 0.2) is 36.4 Å². The number of ether oxygens (including phenoxy) is 1. The van der Waals surface area contributed by atoms with Crippen molar-refractivity contribution in [2.45, 2.75) is 59.1 Å². The van der Waals surface area contributed by atoms with E-state index in [2.05, 4.69) is 71.7 Å². The predicted molar refractivity (Wildman–Crippen MR) is 116 cm³/mol. The van der Waals surface area contributed by atoms with Crippen LogP contribution in [0.3, 0.4) is 0 Å². The van der Waals surface area contributed by atoms with Gasteiger partial charge in [-0.05, 0) is 84.3 Å². The van der Waals surface area contributed by atoms with Crippen molar-refractivity contribution < 1.29 is 4.74 Å². The third-order valence-electron chi connectivity index (χ3n) is 5.73. The van der Waals surface area contributed by atoms with Crippen LogP contribution in [0.5, 0.6) is 5.75 Å². The molecule has 0 aromatic heterocycles. The maximum Gasteiger partial charge on any atom is 0.120 e. The zero-order valence-corrected chi connectivity index (χ0v) is 17.7. The Morgan fingerprint density at radius 3 is 2.38 bits per heavy atom. The summed E-state index contributed by atoms with van der Waals surface area (Å²) in [5.41, 5.74) is 1.77. The van der Waals surface area contributed by atoms with Crippen LogP contribution in [-0.2, 0) is 6.54 Å². The van der Waals surface area contributed by atoms with Gasteiger partial charge < -0.3 is 10.1 Å². The molecule has 0 bridgehead atoms. The van der Waals surface area contributed by atoms with Crippen molar-refractivity contribution in [1.29, 1.82) is 0 Å². The van der Waals surface area contributed by atoms with Gasteiger partial charge in [-0.25, -0.2) is 0 Å². The van der Waals surface area contributed by atoms with Crippen molar-refractivity contribution in [3.05, 3.63) is 42.0 Å². The minimum Gasteiger partial charge on any atom is -0.490 e. The molecule has 3 heteroatoms. The van der Waals surface area contributed by atoms with Crippen LogP contribution in [0, 0.1) is 11.3 Å². The highest BCUT2D eigenvalue weighted by Crippen LogP contribution is 2.39. The molecule has 2 aromatic carbocycles. The van der Waals surface area contributed by atoms with Gasteiger partial charge in [0.2, 0.25) is 0 Å². The molecule has 142 valence electrons. The average Bonchev–Trinajstić information content (AvgIpc) is 2.62. The lowest BCUT2D eigenvalue weighted by molar-refractivity contribution is 0.0883. The quantitative estimate of drug-likeness (QED) is 0.513. The Balaban J connectivity index is 1.60. The molecule has 0 spiro atoms. The van der Waals surface area contributed by atoms with Crippen LogP contribution < -0.4 is 10.1 Å². The molecule has 0 radical (unpaired) electrons. The number of rotatable bonds is 6. The zero-order chi connectivity index (χ0) is 18.6. The monoisotopic (exact) mass is 371 g/mol. The van der Waals surface area contributed by atoms with Gasteiger partial charge in [0.25, 0.3) is 0 Å². The molecule has 1 saturated carbocycles. The van der Waals surface area contributed by atoms with Crippen molar-refractivity contribution in [3.8, 4) is 5.75 Å². The first-order valence-electron chi connectivity index (χ1n) is 10.1.